The minimum absolute atomic E-state index is 0.315. The molecule has 0 bridgehead atoms. The second-order valence-electron chi connectivity index (χ2n) is 4.40. The van der Waals surface area contributed by atoms with Crippen molar-refractivity contribution in [2.24, 2.45) is 0 Å². The molecular formula is C12H21ClN4. The lowest BCUT2D eigenvalue weighted by Crippen LogP contribution is -2.25. The highest BCUT2D eigenvalue weighted by Gasteiger charge is 2.12. The molecule has 0 aliphatic carbocycles. The monoisotopic (exact) mass is 256 g/mol. The molecule has 1 heterocycles. The normalized spacial score (nSPS) is 11.2. The molecule has 96 valence electrons. The molecule has 5 heteroatoms. The Morgan fingerprint density at radius 3 is 2.71 bits per heavy atom. The summed E-state index contributed by atoms with van der Waals surface area (Å²) in [6.07, 6.45) is 1.50. The Balaban J connectivity index is 2.67. The van der Waals surface area contributed by atoms with E-state index < -0.39 is 0 Å². The highest BCUT2D eigenvalue weighted by molar-refractivity contribution is 6.30. The lowest BCUT2D eigenvalue weighted by atomic mass is 10.1. The first-order valence-corrected chi connectivity index (χ1v) is 6.36. The van der Waals surface area contributed by atoms with Crippen LogP contribution in [0.5, 0.6) is 0 Å². The lowest BCUT2D eigenvalue weighted by Gasteiger charge is -2.17. The van der Waals surface area contributed by atoms with Gasteiger partial charge in [0.2, 0.25) is 0 Å². The minimum atomic E-state index is 0.315. The molecule has 0 radical (unpaired) electrons. The smallest absolute Gasteiger partial charge is 0.138 e. The summed E-state index contributed by atoms with van der Waals surface area (Å²) in [6, 6.07) is 0. The topological polar surface area (TPSA) is 41.0 Å². The van der Waals surface area contributed by atoms with Crippen LogP contribution in [0.4, 0.5) is 5.82 Å². The Kier molecular flexibility index (Phi) is 5.65. The van der Waals surface area contributed by atoms with Crippen LogP contribution in [0.3, 0.4) is 0 Å². The molecule has 0 atom stereocenters. The van der Waals surface area contributed by atoms with Gasteiger partial charge in [-0.3, -0.25) is 0 Å². The Labute approximate surface area is 108 Å². The summed E-state index contributed by atoms with van der Waals surface area (Å²) in [5.41, 5.74) is 0.994. The van der Waals surface area contributed by atoms with Gasteiger partial charge in [-0.15, -0.1) is 0 Å². The van der Waals surface area contributed by atoms with Crippen LogP contribution in [0.25, 0.3) is 0 Å². The van der Waals surface area contributed by atoms with Crippen LogP contribution in [0.15, 0.2) is 6.33 Å². The van der Waals surface area contributed by atoms with Crippen LogP contribution in [-0.4, -0.2) is 41.5 Å². The summed E-state index contributed by atoms with van der Waals surface area (Å²) in [7, 11) is 2.10. The quantitative estimate of drug-likeness (QED) is 0.795. The number of rotatable bonds is 6. The largest absolute Gasteiger partial charge is 0.368 e. The van der Waals surface area contributed by atoms with Crippen molar-refractivity contribution >= 4 is 17.4 Å². The summed E-state index contributed by atoms with van der Waals surface area (Å²) < 4.78 is 0. The van der Waals surface area contributed by atoms with Crippen LogP contribution in [0.2, 0.25) is 5.15 Å². The van der Waals surface area contributed by atoms with Crippen molar-refractivity contribution in [1.29, 1.82) is 0 Å². The number of halogens is 1. The van der Waals surface area contributed by atoms with E-state index in [2.05, 4.69) is 48.0 Å². The molecule has 4 nitrogen and oxygen atoms in total. The predicted molar refractivity (Wildman–Crippen MR) is 72.8 cm³/mol. The molecule has 0 fully saturated rings. The molecule has 0 aliphatic heterocycles. The van der Waals surface area contributed by atoms with Gasteiger partial charge in [-0.1, -0.05) is 32.4 Å². The number of nitrogens with one attached hydrogen (secondary N) is 1. The molecule has 0 unspecified atom stereocenters. The number of nitrogens with zero attached hydrogens (tertiary/aromatic N) is 3. The fraction of sp³-hybridized carbons (Fsp3) is 0.667. The van der Waals surface area contributed by atoms with Gasteiger partial charge >= 0.3 is 0 Å². The molecular weight excluding hydrogens is 236 g/mol. The zero-order valence-corrected chi connectivity index (χ0v) is 11.8. The van der Waals surface area contributed by atoms with Gasteiger partial charge in [0.15, 0.2) is 0 Å². The average Bonchev–Trinajstić information content (AvgIpc) is 2.28. The maximum absolute atomic E-state index is 6.09. The molecule has 0 aliphatic rings. The molecule has 0 aromatic carbocycles. The third-order valence-corrected chi connectivity index (χ3v) is 3.04. The predicted octanol–water partition coefficient (Wildman–Crippen LogP) is 2.62. The number of hydrogen-bond acceptors (Lipinski definition) is 4. The first-order chi connectivity index (χ1) is 8.06. The molecule has 0 spiro atoms. The average molecular weight is 257 g/mol. The van der Waals surface area contributed by atoms with E-state index in [1.807, 2.05) is 0 Å². The Morgan fingerprint density at radius 1 is 1.41 bits per heavy atom. The molecule has 0 saturated heterocycles. The third kappa shape index (κ3) is 4.13. The van der Waals surface area contributed by atoms with Crippen molar-refractivity contribution < 1.29 is 0 Å². The van der Waals surface area contributed by atoms with Crippen LogP contribution >= 0.6 is 11.6 Å². The van der Waals surface area contributed by atoms with Gasteiger partial charge in [-0.05, 0) is 19.5 Å². The maximum atomic E-state index is 6.09. The van der Waals surface area contributed by atoms with Crippen LogP contribution < -0.4 is 5.32 Å². The Hall–Kier alpha value is -0.870. The van der Waals surface area contributed by atoms with Crippen molar-refractivity contribution in [3.63, 3.8) is 0 Å². The van der Waals surface area contributed by atoms with E-state index in [1.54, 1.807) is 0 Å². The van der Waals surface area contributed by atoms with E-state index >= 15 is 0 Å². The van der Waals surface area contributed by atoms with Crippen molar-refractivity contribution in [2.45, 2.75) is 26.7 Å². The van der Waals surface area contributed by atoms with Crippen molar-refractivity contribution in [1.82, 2.24) is 14.9 Å². The summed E-state index contributed by atoms with van der Waals surface area (Å²) in [5, 5.41) is 3.87. The van der Waals surface area contributed by atoms with Crippen molar-refractivity contribution in [3.05, 3.63) is 17.0 Å². The molecule has 0 saturated carbocycles. The zero-order valence-electron chi connectivity index (χ0n) is 11.0. The molecule has 1 N–H and O–H groups in total. The van der Waals surface area contributed by atoms with Gasteiger partial charge in [0.1, 0.15) is 17.3 Å². The second kappa shape index (κ2) is 6.77. The number of anilines is 1. The van der Waals surface area contributed by atoms with E-state index in [9.17, 15) is 0 Å². The first kappa shape index (κ1) is 14.2. The second-order valence-corrected chi connectivity index (χ2v) is 4.76. The summed E-state index contributed by atoms with van der Waals surface area (Å²) >= 11 is 6.09. The third-order valence-electron chi connectivity index (χ3n) is 2.74. The highest BCUT2D eigenvalue weighted by atomic mass is 35.5. The zero-order chi connectivity index (χ0) is 12.8. The van der Waals surface area contributed by atoms with E-state index in [4.69, 9.17) is 11.6 Å². The number of likely N-dealkylation sites (N-methyl/N-ethyl adjacent to an activating group) is 1. The van der Waals surface area contributed by atoms with E-state index in [0.717, 1.165) is 31.0 Å². The van der Waals surface area contributed by atoms with Crippen LogP contribution in [0.1, 0.15) is 32.3 Å². The Morgan fingerprint density at radius 2 is 2.12 bits per heavy atom. The van der Waals surface area contributed by atoms with Gasteiger partial charge in [0, 0.05) is 18.7 Å². The van der Waals surface area contributed by atoms with Crippen molar-refractivity contribution in [3.8, 4) is 0 Å². The number of hydrogen-bond donors (Lipinski definition) is 1. The van der Waals surface area contributed by atoms with E-state index in [0.29, 0.717) is 11.1 Å². The SMILES string of the molecule is CCN(C)CCNc1ncnc(Cl)c1C(C)C. The van der Waals surface area contributed by atoms with Gasteiger partial charge in [-0.2, -0.15) is 0 Å². The van der Waals surface area contributed by atoms with E-state index in [-0.39, 0.29) is 0 Å². The summed E-state index contributed by atoms with van der Waals surface area (Å²) in [5.74, 6) is 1.17. The first-order valence-electron chi connectivity index (χ1n) is 5.99. The minimum Gasteiger partial charge on any atom is -0.368 e. The molecule has 1 aromatic rings. The lowest BCUT2D eigenvalue weighted by molar-refractivity contribution is 0.367. The summed E-state index contributed by atoms with van der Waals surface area (Å²) in [4.78, 5) is 10.5. The van der Waals surface area contributed by atoms with Crippen LogP contribution in [-0.2, 0) is 0 Å². The fourth-order valence-corrected chi connectivity index (χ4v) is 1.90. The fourth-order valence-electron chi connectivity index (χ4n) is 1.55. The summed E-state index contributed by atoms with van der Waals surface area (Å²) in [6.45, 7) is 9.21. The molecule has 1 aromatic heterocycles. The maximum Gasteiger partial charge on any atom is 0.138 e. The van der Waals surface area contributed by atoms with E-state index in [1.165, 1.54) is 6.33 Å². The number of aromatic nitrogens is 2. The van der Waals surface area contributed by atoms with Gasteiger partial charge < -0.3 is 10.2 Å². The highest BCUT2D eigenvalue weighted by Crippen LogP contribution is 2.27. The molecule has 0 amide bonds. The standard InChI is InChI=1S/C12H21ClN4/c1-5-17(4)7-6-14-12-10(9(2)3)11(13)15-8-16-12/h8-9H,5-7H2,1-4H3,(H,14,15,16). The van der Waals surface area contributed by atoms with Crippen molar-refractivity contribution in [2.75, 3.05) is 32.0 Å². The Bertz CT molecular complexity index is 354. The van der Waals surface area contributed by atoms with Gasteiger partial charge in [-0.25, -0.2) is 9.97 Å². The van der Waals surface area contributed by atoms with Gasteiger partial charge in [0.25, 0.3) is 0 Å². The van der Waals surface area contributed by atoms with Gasteiger partial charge in [0.05, 0.1) is 0 Å². The molecule has 17 heavy (non-hydrogen) atoms. The molecule has 1 rings (SSSR count). The van der Waals surface area contributed by atoms with Crippen LogP contribution in [0, 0.1) is 0 Å².